The third kappa shape index (κ3) is 1.89. The summed E-state index contributed by atoms with van der Waals surface area (Å²) >= 11 is 0. The topological polar surface area (TPSA) is 52.6 Å². The SMILES string of the molecule is CC(=O)[C@H]1CC[C@@](C)(C=O)OO1. The van der Waals surface area contributed by atoms with E-state index in [1.807, 2.05) is 0 Å². The smallest absolute Gasteiger partial charge is 0.161 e. The number of aldehydes is 1. The molecule has 1 aliphatic heterocycles. The van der Waals surface area contributed by atoms with Crippen LogP contribution < -0.4 is 0 Å². The molecule has 1 rings (SSSR count). The van der Waals surface area contributed by atoms with Gasteiger partial charge in [0.1, 0.15) is 0 Å². The molecule has 4 heteroatoms. The molecule has 4 nitrogen and oxygen atoms in total. The van der Waals surface area contributed by atoms with Crippen LogP contribution in [0, 0.1) is 0 Å². The summed E-state index contributed by atoms with van der Waals surface area (Å²) in [5.41, 5.74) is -0.869. The molecule has 0 amide bonds. The average molecular weight is 172 g/mol. The Bertz CT molecular complexity index is 191. The van der Waals surface area contributed by atoms with Crippen molar-refractivity contribution in [1.29, 1.82) is 0 Å². The highest BCUT2D eigenvalue weighted by Crippen LogP contribution is 2.24. The predicted octanol–water partition coefficient (Wildman–Crippen LogP) is 0.644. The van der Waals surface area contributed by atoms with Crippen molar-refractivity contribution >= 4 is 12.1 Å². The van der Waals surface area contributed by atoms with E-state index < -0.39 is 11.7 Å². The molecular formula is C8H12O4. The monoisotopic (exact) mass is 172 g/mol. The van der Waals surface area contributed by atoms with Gasteiger partial charge in [-0.05, 0) is 26.7 Å². The Balaban J connectivity index is 2.49. The first-order valence-electron chi connectivity index (χ1n) is 3.89. The minimum atomic E-state index is -0.869. The quantitative estimate of drug-likeness (QED) is 0.453. The Labute approximate surface area is 70.8 Å². The van der Waals surface area contributed by atoms with E-state index in [0.717, 1.165) is 0 Å². The van der Waals surface area contributed by atoms with Crippen molar-refractivity contribution < 1.29 is 19.4 Å². The zero-order valence-corrected chi connectivity index (χ0v) is 7.20. The zero-order valence-electron chi connectivity index (χ0n) is 7.20. The van der Waals surface area contributed by atoms with E-state index in [2.05, 4.69) is 0 Å². The largest absolute Gasteiger partial charge is 0.300 e. The minimum Gasteiger partial charge on any atom is -0.300 e. The highest BCUT2D eigenvalue weighted by molar-refractivity contribution is 5.80. The summed E-state index contributed by atoms with van der Waals surface area (Å²) in [5.74, 6) is -0.0667. The van der Waals surface area contributed by atoms with Crippen molar-refractivity contribution in [2.45, 2.75) is 38.4 Å². The van der Waals surface area contributed by atoms with E-state index in [0.29, 0.717) is 19.1 Å². The molecule has 0 unspecified atom stereocenters. The summed E-state index contributed by atoms with van der Waals surface area (Å²) in [4.78, 5) is 30.8. The van der Waals surface area contributed by atoms with Crippen LogP contribution in [0.5, 0.6) is 0 Å². The number of hydrogen-bond donors (Lipinski definition) is 0. The molecule has 0 saturated carbocycles. The zero-order chi connectivity index (χ0) is 9.19. The Morgan fingerprint density at radius 2 is 2.33 bits per heavy atom. The Morgan fingerprint density at radius 3 is 2.67 bits per heavy atom. The second-order valence-electron chi connectivity index (χ2n) is 3.25. The van der Waals surface area contributed by atoms with Gasteiger partial charge in [0.15, 0.2) is 23.8 Å². The Kier molecular flexibility index (Phi) is 2.59. The molecule has 1 heterocycles. The van der Waals surface area contributed by atoms with Gasteiger partial charge in [-0.15, -0.1) is 0 Å². The number of ketones is 1. The van der Waals surface area contributed by atoms with Crippen LogP contribution in [0.4, 0.5) is 0 Å². The number of rotatable bonds is 2. The summed E-state index contributed by atoms with van der Waals surface area (Å²) < 4.78 is 0. The van der Waals surface area contributed by atoms with Crippen LogP contribution >= 0.6 is 0 Å². The summed E-state index contributed by atoms with van der Waals surface area (Å²) in [5, 5.41) is 0. The molecule has 12 heavy (non-hydrogen) atoms. The van der Waals surface area contributed by atoms with Crippen LogP contribution in [0.15, 0.2) is 0 Å². The van der Waals surface area contributed by atoms with E-state index in [1.54, 1.807) is 6.92 Å². The lowest BCUT2D eigenvalue weighted by Crippen LogP contribution is -2.40. The molecule has 1 fully saturated rings. The van der Waals surface area contributed by atoms with Gasteiger partial charge in [0.2, 0.25) is 0 Å². The van der Waals surface area contributed by atoms with E-state index >= 15 is 0 Å². The standard InChI is InChI=1S/C8H12O4/c1-6(10)7-3-4-8(2,5-9)12-11-7/h5,7H,3-4H2,1-2H3/t7-,8+/m1/s1. The van der Waals surface area contributed by atoms with Crippen LogP contribution in [0.1, 0.15) is 26.7 Å². The van der Waals surface area contributed by atoms with Gasteiger partial charge >= 0.3 is 0 Å². The molecule has 0 spiro atoms. The molecular weight excluding hydrogens is 160 g/mol. The fourth-order valence-corrected chi connectivity index (χ4v) is 1.03. The van der Waals surface area contributed by atoms with Crippen LogP contribution in [0.3, 0.4) is 0 Å². The van der Waals surface area contributed by atoms with Crippen molar-refractivity contribution in [3.8, 4) is 0 Å². The lowest BCUT2D eigenvalue weighted by Gasteiger charge is -2.30. The molecule has 68 valence electrons. The second-order valence-corrected chi connectivity index (χ2v) is 3.25. The fourth-order valence-electron chi connectivity index (χ4n) is 1.03. The molecule has 1 saturated heterocycles. The fraction of sp³-hybridized carbons (Fsp3) is 0.750. The van der Waals surface area contributed by atoms with Crippen LogP contribution in [0.25, 0.3) is 0 Å². The van der Waals surface area contributed by atoms with Crippen LogP contribution in [-0.2, 0) is 19.4 Å². The number of carbonyl (C=O) groups excluding carboxylic acids is 2. The predicted molar refractivity (Wildman–Crippen MR) is 40.3 cm³/mol. The highest BCUT2D eigenvalue weighted by atomic mass is 17.2. The van der Waals surface area contributed by atoms with Crippen molar-refractivity contribution in [3.63, 3.8) is 0 Å². The summed E-state index contributed by atoms with van der Waals surface area (Å²) in [6.45, 7) is 3.08. The van der Waals surface area contributed by atoms with Crippen molar-refractivity contribution in [3.05, 3.63) is 0 Å². The highest BCUT2D eigenvalue weighted by Gasteiger charge is 2.35. The van der Waals surface area contributed by atoms with Gasteiger partial charge < -0.3 is 4.79 Å². The van der Waals surface area contributed by atoms with Gasteiger partial charge in [0, 0.05) is 0 Å². The lowest BCUT2D eigenvalue weighted by atomic mass is 9.97. The van der Waals surface area contributed by atoms with Gasteiger partial charge in [0.05, 0.1) is 0 Å². The second kappa shape index (κ2) is 3.33. The van der Waals surface area contributed by atoms with Gasteiger partial charge in [-0.3, -0.25) is 4.79 Å². The molecule has 0 radical (unpaired) electrons. The molecule has 0 aromatic rings. The normalized spacial score (nSPS) is 36.0. The third-order valence-electron chi connectivity index (χ3n) is 1.96. The van der Waals surface area contributed by atoms with E-state index in [1.165, 1.54) is 6.92 Å². The summed E-state index contributed by atoms with van der Waals surface area (Å²) in [7, 11) is 0. The number of carbonyl (C=O) groups is 2. The van der Waals surface area contributed by atoms with E-state index in [9.17, 15) is 9.59 Å². The van der Waals surface area contributed by atoms with E-state index in [4.69, 9.17) is 9.78 Å². The molecule has 0 aromatic heterocycles. The average Bonchev–Trinajstić information content (AvgIpc) is 2.05. The van der Waals surface area contributed by atoms with Gasteiger partial charge in [-0.2, -0.15) is 0 Å². The Morgan fingerprint density at radius 1 is 1.67 bits per heavy atom. The number of Topliss-reactive ketones (excluding diaryl/α,β-unsaturated/α-hetero) is 1. The molecule has 0 bridgehead atoms. The summed E-state index contributed by atoms with van der Waals surface area (Å²) in [6, 6.07) is 0. The Hall–Kier alpha value is -0.740. The van der Waals surface area contributed by atoms with Crippen LogP contribution in [-0.4, -0.2) is 23.8 Å². The van der Waals surface area contributed by atoms with Crippen molar-refractivity contribution in [2.75, 3.05) is 0 Å². The first-order chi connectivity index (χ1) is 5.57. The van der Waals surface area contributed by atoms with Gasteiger partial charge in [0.25, 0.3) is 0 Å². The lowest BCUT2D eigenvalue weighted by molar-refractivity contribution is -0.381. The van der Waals surface area contributed by atoms with Gasteiger partial charge in [-0.1, -0.05) is 0 Å². The minimum absolute atomic E-state index is 0.0667. The first kappa shape index (κ1) is 9.35. The maximum Gasteiger partial charge on any atom is 0.161 e. The van der Waals surface area contributed by atoms with Gasteiger partial charge in [-0.25, -0.2) is 9.78 Å². The summed E-state index contributed by atoms with van der Waals surface area (Å²) in [6.07, 6.45) is 1.27. The molecule has 2 atom stereocenters. The van der Waals surface area contributed by atoms with Crippen LogP contribution in [0.2, 0.25) is 0 Å². The maximum atomic E-state index is 10.8. The molecule has 1 aliphatic rings. The molecule has 0 aromatic carbocycles. The third-order valence-corrected chi connectivity index (χ3v) is 1.96. The van der Waals surface area contributed by atoms with Crippen molar-refractivity contribution in [2.24, 2.45) is 0 Å². The molecule has 0 N–H and O–H groups in total. The number of hydrogen-bond acceptors (Lipinski definition) is 4. The van der Waals surface area contributed by atoms with E-state index in [-0.39, 0.29) is 5.78 Å². The van der Waals surface area contributed by atoms with Crippen molar-refractivity contribution in [1.82, 2.24) is 0 Å². The first-order valence-corrected chi connectivity index (χ1v) is 3.89. The molecule has 0 aliphatic carbocycles. The maximum absolute atomic E-state index is 10.8.